The van der Waals surface area contributed by atoms with Crippen molar-refractivity contribution >= 4 is 5.91 Å². The molecule has 16 heavy (non-hydrogen) atoms. The minimum Gasteiger partial charge on any atom is -0.378 e. The van der Waals surface area contributed by atoms with E-state index in [0.29, 0.717) is 6.42 Å². The molecule has 2 heterocycles. The second kappa shape index (κ2) is 5.64. The van der Waals surface area contributed by atoms with Crippen molar-refractivity contribution in [1.82, 2.24) is 4.90 Å². The number of amides is 1. The number of likely N-dealkylation sites (tertiary alicyclic amines) is 1. The zero-order valence-electron chi connectivity index (χ0n) is 9.86. The van der Waals surface area contributed by atoms with Crippen molar-refractivity contribution in [3.8, 4) is 0 Å². The number of hydrogen-bond acceptors (Lipinski definition) is 3. The average molecular weight is 226 g/mol. The van der Waals surface area contributed by atoms with Crippen LogP contribution in [0.3, 0.4) is 0 Å². The smallest absolute Gasteiger partial charge is 0.225 e. The lowest BCUT2D eigenvalue weighted by atomic mass is 10.0. The number of nitrogens with zero attached hydrogens (tertiary/aromatic N) is 1. The molecule has 2 N–H and O–H groups in total. The van der Waals surface area contributed by atoms with Crippen LogP contribution in [-0.2, 0) is 9.53 Å². The molecule has 0 aromatic heterocycles. The summed E-state index contributed by atoms with van der Waals surface area (Å²) in [7, 11) is 0. The molecule has 2 fully saturated rings. The van der Waals surface area contributed by atoms with Crippen LogP contribution in [0.5, 0.6) is 0 Å². The number of carbonyl (C=O) groups excluding carboxylic acids is 1. The lowest BCUT2D eigenvalue weighted by Crippen LogP contribution is -2.46. The highest BCUT2D eigenvalue weighted by molar-refractivity contribution is 5.76. The first-order chi connectivity index (χ1) is 7.75. The van der Waals surface area contributed by atoms with Gasteiger partial charge in [-0.2, -0.15) is 0 Å². The summed E-state index contributed by atoms with van der Waals surface area (Å²) in [4.78, 5) is 13.9. The molecule has 2 aliphatic heterocycles. The summed E-state index contributed by atoms with van der Waals surface area (Å²) in [5.74, 6) is 0.224. The van der Waals surface area contributed by atoms with Crippen LogP contribution in [-0.4, -0.2) is 42.6 Å². The minimum absolute atomic E-state index is 0.152. The van der Waals surface area contributed by atoms with Crippen LogP contribution in [0.15, 0.2) is 0 Å². The molecule has 0 aromatic carbocycles. The fourth-order valence-corrected chi connectivity index (χ4v) is 2.53. The number of ether oxygens (including phenoxy) is 1. The van der Waals surface area contributed by atoms with Crippen molar-refractivity contribution in [3.63, 3.8) is 0 Å². The van der Waals surface area contributed by atoms with Crippen molar-refractivity contribution in [2.24, 2.45) is 5.73 Å². The van der Waals surface area contributed by atoms with Gasteiger partial charge in [-0.1, -0.05) is 0 Å². The summed E-state index contributed by atoms with van der Waals surface area (Å²) in [6, 6.07) is 0.171. The summed E-state index contributed by atoms with van der Waals surface area (Å²) in [6.07, 6.45) is 6.15. The molecule has 2 atom stereocenters. The molecule has 0 aliphatic carbocycles. The van der Waals surface area contributed by atoms with Crippen LogP contribution in [0.4, 0.5) is 0 Å². The molecule has 1 amide bonds. The van der Waals surface area contributed by atoms with Gasteiger partial charge in [-0.25, -0.2) is 0 Å². The summed E-state index contributed by atoms with van der Waals surface area (Å²) in [6.45, 7) is 2.42. The first-order valence-corrected chi connectivity index (χ1v) is 6.40. The van der Waals surface area contributed by atoms with E-state index >= 15 is 0 Å². The van der Waals surface area contributed by atoms with Crippen LogP contribution < -0.4 is 5.73 Å². The van der Waals surface area contributed by atoms with Gasteiger partial charge in [-0.05, 0) is 32.1 Å². The van der Waals surface area contributed by atoms with Crippen LogP contribution in [0, 0.1) is 0 Å². The number of hydrogen-bond donors (Lipinski definition) is 1. The van der Waals surface area contributed by atoms with Gasteiger partial charge in [0.1, 0.15) is 0 Å². The fraction of sp³-hybridized carbons (Fsp3) is 0.917. The normalized spacial score (nSPS) is 31.4. The summed E-state index contributed by atoms with van der Waals surface area (Å²) in [5.41, 5.74) is 5.87. The molecule has 0 bridgehead atoms. The van der Waals surface area contributed by atoms with Crippen molar-refractivity contribution < 1.29 is 9.53 Å². The Balaban J connectivity index is 1.77. The molecule has 0 radical (unpaired) electrons. The molecule has 2 aliphatic rings. The number of nitrogens with two attached hydrogens (primary N) is 1. The van der Waals surface area contributed by atoms with Crippen molar-refractivity contribution in [2.45, 2.75) is 50.7 Å². The molecule has 1 unspecified atom stereocenters. The number of carbonyl (C=O) groups is 1. The van der Waals surface area contributed by atoms with Crippen LogP contribution in [0.1, 0.15) is 38.5 Å². The van der Waals surface area contributed by atoms with E-state index in [1.807, 2.05) is 4.90 Å². The van der Waals surface area contributed by atoms with Gasteiger partial charge in [-0.3, -0.25) is 4.79 Å². The van der Waals surface area contributed by atoms with E-state index < -0.39 is 0 Å². The van der Waals surface area contributed by atoms with Gasteiger partial charge < -0.3 is 15.4 Å². The van der Waals surface area contributed by atoms with E-state index in [1.54, 1.807) is 0 Å². The van der Waals surface area contributed by atoms with E-state index in [2.05, 4.69) is 0 Å². The van der Waals surface area contributed by atoms with Gasteiger partial charge in [0.05, 0.1) is 12.5 Å². The van der Waals surface area contributed by atoms with E-state index in [4.69, 9.17) is 10.5 Å². The van der Waals surface area contributed by atoms with Gasteiger partial charge in [0.25, 0.3) is 0 Å². The third kappa shape index (κ3) is 3.19. The van der Waals surface area contributed by atoms with Crippen LogP contribution in [0.2, 0.25) is 0 Å². The summed E-state index contributed by atoms with van der Waals surface area (Å²) < 4.78 is 5.59. The Kier molecular flexibility index (Phi) is 4.18. The average Bonchev–Trinajstić information content (AvgIpc) is 2.30. The quantitative estimate of drug-likeness (QED) is 0.761. The number of piperidine rings is 1. The fourth-order valence-electron chi connectivity index (χ4n) is 2.53. The molecule has 2 saturated heterocycles. The standard InChI is InChI=1S/C12H22N2O2/c13-10-4-3-6-14(9-10)12(15)8-11-5-1-2-7-16-11/h10-11H,1-9,13H2/t10-,11?/m1/s1. The first-order valence-electron chi connectivity index (χ1n) is 6.40. The molecule has 2 rings (SSSR count). The monoisotopic (exact) mass is 226 g/mol. The van der Waals surface area contributed by atoms with Crippen LogP contribution >= 0.6 is 0 Å². The van der Waals surface area contributed by atoms with E-state index in [9.17, 15) is 4.79 Å². The summed E-state index contributed by atoms with van der Waals surface area (Å²) in [5, 5.41) is 0. The zero-order valence-corrected chi connectivity index (χ0v) is 9.86. The maximum Gasteiger partial charge on any atom is 0.225 e. The van der Waals surface area contributed by atoms with Gasteiger partial charge in [0.2, 0.25) is 5.91 Å². The second-order valence-corrected chi connectivity index (χ2v) is 4.93. The van der Waals surface area contributed by atoms with E-state index in [0.717, 1.165) is 45.4 Å². The molecular formula is C12H22N2O2. The van der Waals surface area contributed by atoms with Crippen LogP contribution in [0.25, 0.3) is 0 Å². The third-order valence-electron chi connectivity index (χ3n) is 3.49. The van der Waals surface area contributed by atoms with Crippen molar-refractivity contribution in [2.75, 3.05) is 19.7 Å². The SMILES string of the molecule is N[C@@H]1CCCN(C(=O)CC2CCCCO2)C1. The molecule has 0 aromatic rings. The molecule has 0 spiro atoms. The Morgan fingerprint density at radius 3 is 2.88 bits per heavy atom. The lowest BCUT2D eigenvalue weighted by molar-refractivity contribution is -0.136. The molecule has 4 nitrogen and oxygen atoms in total. The Morgan fingerprint density at radius 2 is 2.19 bits per heavy atom. The predicted molar refractivity (Wildman–Crippen MR) is 62.0 cm³/mol. The molecule has 4 heteroatoms. The molecular weight excluding hydrogens is 204 g/mol. The predicted octanol–water partition coefficient (Wildman–Crippen LogP) is 0.895. The maximum absolute atomic E-state index is 12.0. The number of rotatable bonds is 2. The van der Waals surface area contributed by atoms with Gasteiger partial charge in [0, 0.05) is 25.7 Å². The van der Waals surface area contributed by atoms with E-state index in [-0.39, 0.29) is 18.1 Å². The molecule has 92 valence electrons. The van der Waals surface area contributed by atoms with Gasteiger partial charge in [0.15, 0.2) is 0 Å². The topological polar surface area (TPSA) is 55.6 Å². The minimum atomic E-state index is 0.152. The van der Waals surface area contributed by atoms with Gasteiger partial charge >= 0.3 is 0 Å². The van der Waals surface area contributed by atoms with E-state index in [1.165, 1.54) is 6.42 Å². The lowest BCUT2D eigenvalue weighted by Gasteiger charge is -2.32. The Hall–Kier alpha value is -0.610. The highest BCUT2D eigenvalue weighted by Gasteiger charge is 2.24. The first kappa shape index (κ1) is 11.9. The molecule has 0 saturated carbocycles. The maximum atomic E-state index is 12.0. The Bertz CT molecular complexity index is 239. The zero-order chi connectivity index (χ0) is 11.4. The Morgan fingerprint density at radius 1 is 1.31 bits per heavy atom. The van der Waals surface area contributed by atoms with Crippen molar-refractivity contribution in [1.29, 1.82) is 0 Å². The Labute approximate surface area is 97.1 Å². The second-order valence-electron chi connectivity index (χ2n) is 4.93. The highest BCUT2D eigenvalue weighted by Crippen LogP contribution is 2.18. The van der Waals surface area contributed by atoms with Crippen molar-refractivity contribution in [3.05, 3.63) is 0 Å². The largest absolute Gasteiger partial charge is 0.378 e. The summed E-state index contributed by atoms with van der Waals surface area (Å²) >= 11 is 0. The third-order valence-corrected chi connectivity index (χ3v) is 3.49. The van der Waals surface area contributed by atoms with Gasteiger partial charge in [-0.15, -0.1) is 0 Å². The highest BCUT2D eigenvalue weighted by atomic mass is 16.5.